The minimum Gasteiger partial charge on any atom is -0.479 e. The number of amides is 1. The highest BCUT2D eigenvalue weighted by atomic mass is 35.5. The first-order valence-corrected chi connectivity index (χ1v) is 5.34. The van der Waals surface area contributed by atoms with Crippen molar-refractivity contribution in [2.24, 2.45) is 0 Å². The molecule has 1 rings (SSSR count). The molecule has 6 heteroatoms. The van der Waals surface area contributed by atoms with E-state index < -0.39 is 18.1 Å². The van der Waals surface area contributed by atoms with E-state index in [4.69, 9.17) is 16.7 Å². The predicted molar refractivity (Wildman–Crippen MR) is 62.0 cm³/mol. The number of rotatable bonds is 4. The molecule has 0 fully saturated rings. The van der Waals surface area contributed by atoms with Crippen LogP contribution in [-0.2, 0) is 9.53 Å². The van der Waals surface area contributed by atoms with Crippen LogP contribution in [0.3, 0.4) is 0 Å². The summed E-state index contributed by atoms with van der Waals surface area (Å²) in [7, 11) is 0. The molecule has 0 aliphatic rings. The van der Waals surface area contributed by atoms with Crippen LogP contribution in [0.15, 0.2) is 24.3 Å². The molecule has 1 aromatic rings. The van der Waals surface area contributed by atoms with E-state index in [1.807, 2.05) is 0 Å². The zero-order valence-electron chi connectivity index (χ0n) is 9.14. The summed E-state index contributed by atoms with van der Waals surface area (Å²) in [5.41, 5.74) is 0.315. The van der Waals surface area contributed by atoms with Crippen LogP contribution < -0.4 is 5.32 Å². The first kappa shape index (κ1) is 13.3. The third-order valence-corrected chi connectivity index (χ3v) is 2.35. The van der Waals surface area contributed by atoms with Crippen LogP contribution in [0.2, 0.25) is 5.02 Å². The van der Waals surface area contributed by atoms with E-state index in [1.165, 1.54) is 6.07 Å². The van der Waals surface area contributed by atoms with Crippen molar-refractivity contribution in [3.63, 3.8) is 0 Å². The smallest absolute Gasteiger partial charge is 0.408 e. The number of nitrogens with one attached hydrogen (secondary N) is 1. The van der Waals surface area contributed by atoms with E-state index in [-0.39, 0.29) is 11.6 Å². The van der Waals surface area contributed by atoms with E-state index in [2.05, 4.69) is 10.1 Å². The van der Waals surface area contributed by atoms with Crippen LogP contribution in [0.5, 0.6) is 0 Å². The number of alkyl carbamates (subject to hydrolysis) is 1. The zero-order chi connectivity index (χ0) is 12.8. The molecule has 0 bridgehead atoms. The van der Waals surface area contributed by atoms with Gasteiger partial charge in [-0.3, -0.25) is 0 Å². The summed E-state index contributed by atoms with van der Waals surface area (Å²) in [6, 6.07) is 5.19. The Kier molecular flexibility index (Phi) is 4.78. The summed E-state index contributed by atoms with van der Waals surface area (Å²) in [6.45, 7) is 1.80. The number of carbonyl (C=O) groups excluding carboxylic acids is 1. The summed E-state index contributed by atoms with van der Waals surface area (Å²) >= 11 is 5.87. The molecular formula is C11H12ClNO4. The Morgan fingerprint density at radius 1 is 1.47 bits per heavy atom. The molecule has 1 aromatic carbocycles. The minimum absolute atomic E-state index is 0.167. The molecular weight excluding hydrogens is 246 g/mol. The molecule has 0 spiro atoms. The number of hydrogen-bond donors (Lipinski definition) is 2. The van der Waals surface area contributed by atoms with E-state index in [9.17, 15) is 9.59 Å². The molecule has 0 radical (unpaired) electrons. The van der Waals surface area contributed by atoms with Crippen LogP contribution in [-0.4, -0.2) is 23.8 Å². The lowest BCUT2D eigenvalue weighted by Crippen LogP contribution is -2.34. The molecule has 0 heterocycles. The maximum atomic E-state index is 11.2. The van der Waals surface area contributed by atoms with Gasteiger partial charge in [-0.2, -0.15) is 0 Å². The van der Waals surface area contributed by atoms with E-state index in [1.54, 1.807) is 25.1 Å². The van der Waals surface area contributed by atoms with Gasteiger partial charge in [-0.25, -0.2) is 9.59 Å². The lowest BCUT2D eigenvalue weighted by atomic mass is 10.1. The monoisotopic (exact) mass is 257 g/mol. The Morgan fingerprint density at radius 3 is 2.65 bits per heavy atom. The summed E-state index contributed by atoms with van der Waals surface area (Å²) in [5, 5.41) is 11.5. The highest BCUT2D eigenvalue weighted by molar-refractivity contribution is 6.31. The lowest BCUT2D eigenvalue weighted by Gasteiger charge is -2.15. The normalized spacial score (nSPS) is 11.6. The fourth-order valence-electron chi connectivity index (χ4n) is 1.27. The molecule has 92 valence electrons. The zero-order valence-corrected chi connectivity index (χ0v) is 9.90. The summed E-state index contributed by atoms with van der Waals surface area (Å²) in [5.74, 6) is -1.20. The van der Waals surface area contributed by atoms with Crippen LogP contribution >= 0.6 is 11.6 Å². The second-order valence-corrected chi connectivity index (χ2v) is 3.56. The Hall–Kier alpha value is -1.75. The van der Waals surface area contributed by atoms with Gasteiger partial charge >= 0.3 is 12.1 Å². The molecule has 2 N–H and O–H groups in total. The standard InChI is InChI=1S/C11H12ClNO4/c1-2-17-11(16)13-9(10(14)15)7-5-3-4-6-8(7)12/h3-6,9H,2H2,1H3,(H,13,16)(H,14,15)/t9-/m1/s1. The number of halogens is 1. The van der Waals surface area contributed by atoms with E-state index in [0.717, 1.165) is 0 Å². The van der Waals surface area contributed by atoms with Crippen LogP contribution in [0.1, 0.15) is 18.5 Å². The van der Waals surface area contributed by atoms with Gasteiger partial charge in [0.05, 0.1) is 6.61 Å². The number of hydrogen-bond acceptors (Lipinski definition) is 3. The van der Waals surface area contributed by atoms with Gasteiger partial charge in [0, 0.05) is 10.6 Å². The van der Waals surface area contributed by atoms with Gasteiger partial charge < -0.3 is 15.2 Å². The fraction of sp³-hybridized carbons (Fsp3) is 0.273. The fourth-order valence-corrected chi connectivity index (χ4v) is 1.52. The largest absolute Gasteiger partial charge is 0.479 e. The maximum absolute atomic E-state index is 11.2. The van der Waals surface area contributed by atoms with Gasteiger partial charge in [0.25, 0.3) is 0 Å². The third kappa shape index (κ3) is 3.64. The average molecular weight is 258 g/mol. The molecule has 17 heavy (non-hydrogen) atoms. The van der Waals surface area contributed by atoms with Crippen LogP contribution in [0, 0.1) is 0 Å². The van der Waals surface area contributed by atoms with E-state index >= 15 is 0 Å². The molecule has 0 aromatic heterocycles. The van der Waals surface area contributed by atoms with Gasteiger partial charge in [0.1, 0.15) is 0 Å². The second-order valence-electron chi connectivity index (χ2n) is 3.16. The molecule has 0 saturated heterocycles. The van der Waals surface area contributed by atoms with Crippen molar-refractivity contribution in [2.75, 3.05) is 6.61 Å². The quantitative estimate of drug-likeness (QED) is 0.867. The third-order valence-electron chi connectivity index (χ3n) is 2.00. The van der Waals surface area contributed by atoms with E-state index in [0.29, 0.717) is 5.56 Å². The highest BCUT2D eigenvalue weighted by Gasteiger charge is 2.24. The molecule has 0 aliphatic heterocycles. The van der Waals surface area contributed by atoms with Gasteiger partial charge in [0.2, 0.25) is 0 Å². The SMILES string of the molecule is CCOC(=O)N[C@@H](C(=O)O)c1ccccc1Cl. The Balaban J connectivity index is 2.91. The average Bonchev–Trinajstić information content (AvgIpc) is 2.27. The Labute approximate surface area is 103 Å². The summed E-state index contributed by atoms with van der Waals surface area (Å²) < 4.78 is 4.63. The summed E-state index contributed by atoms with van der Waals surface area (Å²) in [4.78, 5) is 22.3. The molecule has 0 saturated carbocycles. The van der Waals surface area contributed by atoms with Gasteiger partial charge in [0.15, 0.2) is 6.04 Å². The summed E-state index contributed by atoms with van der Waals surface area (Å²) in [6.07, 6.45) is -0.792. The van der Waals surface area contributed by atoms with Gasteiger partial charge in [-0.05, 0) is 13.0 Å². The van der Waals surface area contributed by atoms with Crippen molar-refractivity contribution in [3.8, 4) is 0 Å². The van der Waals surface area contributed by atoms with Crippen molar-refractivity contribution in [2.45, 2.75) is 13.0 Å². The minimum atomic E-state index is -1.22. The van der Waals surface area contributed by atoms with Crippen LogP contribution in [0.25, 0.3) is 0 Å². The number of benzene rings is 1. The van der Waals surface area contributed by atoms with Gasteiger partial charge in [-0.15, -0.1) is 0 Å². The van der Waals surface area contributed by atoms with Crippen molar-refractivity contribution in [1.82, 2.24) is 5.32 Å². The number of carboxylic acid groups (broad SMARTS) is 1. The molecule has 0 unspecified atom stereocenters. The first-order valence-electron chi connectivity index (χ1n) is 4.96. The number of aliphatic carboxylic acids is 1. The van der Waals surface area contributed by atoms with Gasteiger partial charge in [-0.1, -0.05) is 29.8 Å². The Bertz CT molecular complexity index is 422. The van der Waals surface area contributed by atoms with Crippen molar-refractivity contribution >= 4 is 23.7 Å². The maximum Gasteiger partial charge on any atom is 0.408 e. The highest BCUT2D eigenvalue weighted by Crippen LogP contribution is 2.22. The number of carboxylic acids is 1. The number of carbonyl (C=O) groups is 2. The number of ether oxygens (including phenoxy) is 1. The Morgan fingerprint density at radius 2 is 2.12 bits per heavy atom. The predicted octanol–water partition coefficient (Wildman–Crippen LogP) is 2.21. The molecule has 1 amide bonds. The van der Waals surface area contributed by atoms with Crippen molar-refractivity contribution in [1.29, 1.82) is 0 Å². The molecule has 5 nitrogen and oxygen atoms in total. The molecule has 1 atom stereocenters. The topological polar surface area (TPSA) is 75.6 Å². The molecule has 0 aliphatic carbocycles. The van der Waals surface area contributed by atoms with Crippen molar-refractivity contribution < 1.29 is 19.4 Å². The lowest BCUT2D eigenvalue weighted by molar-refractivity contribution is -0.139. The first-order chi connectivity index (χ1) is 8.06. The van der Waals surface area contributed by atoms with Crippen molar-refractivity contribution in [3.05, 3.63) is 34.9 Å². The second kappa shape index (κ2) is 6.10. The van der Waals surface area contributed by atoms with Crippen LogP contribution in [0.4, 0.5) is 4.79 Å².